The van der Waals surface area contributed by atoms with Crippen molar-refractivity contribution in [3.63, 3.8) is 0 Å². The van der Waals surface area contributed by atoms with E-state index in [9.17, 15) is 10.1 Å². The van der Waals surface area contributed by atoms with Crippen LogP contribution in [-0.2, 0) is 6.42 Å². The monoisotopic (exact) mass is 191 g/mol. The molecule has 0 heterocycles. The van der Waals surface area contributed by atoms with Crippen molar-refractivity contribution in [1.82, 2.24) is 0 Å². The van der Waals surface area contributed by atoms with Gasteiger partial charge in [0.1, 0.15) is 0 Å². The summed E-state index contributed by atoms with van der Waals surface area (Å²) in [6.45, 7) is 0. The zero-order chi connectivity index (χ0) is 10.1. The minimum absolute atomic E-state index is 0.0683. The minimum Gasteiger partial charge on any atom is -0.490 e. The number of methoxy groups -OCH3 is 1. The lowest BCUT2D eigenvalue weighted by Crippen LogP contribution is -1.97. The van der Waals surface area contributed by atoms with Crippen LogP contribution < -0.4 is 4.74 Å². The number of hydrogen-bond acceptors (Lipinski definition) is 3. The van der Waals surface area contributed by atoms with E-state index in [1.165, 1.54) is 7.11 Å². The molecular formula is C10H9NO3. The zero-order valence-corrected chi connectivity index (χ0v) is 7.69. The second-order valence-corrected chi connectivity index (χ2v) is 3.05. The molecule has 0 bridgehead atoms. The molecule has 1 aromatic rings. The Hall–Kier alpha value is -1.84. The van der Waals surface area contributed by atoms with Gasteiger partial charge in [0.15, 0.2) is 5.75 Å². The van der Waals surface area contributed by atoms with Crippen LogP contribution in [0.25, 0.3) is 6.08 Å². The third kappa shape index (κ3) is 1.16. The van der Waals surface area contributed by atoms with Crippen LogP contribution in [0.15, 0.2) is 18.2 Å². The highest BCUT2D eigenvalue weighted by atomic mass is 16.6. The topological polar surface area (TPSA) is 52.4 Å². The molecule has 0 unspecified atom stereocenters. The number of fused-ring (bicyclic) bond motifs is 1. The van der Waals surface area contributed by atoms with Crippen LogP contribution in [0.3, 0.4) is 0 Å². The summed E-state index contributed by atoms with van der Waals surface area (Å²) in [7, 11) is 1.44. The van der Waals surface area contributed by atoms with E-state index in [0.717, 1.165) is 12.0 Å². The second-order valence-electron chi connectivity index (χ2n) is 3.05. The fraction of sp³-hybridized carbons (Fsp3) is 0.200. The summed E-state index contributed by atoms with van der Waals surface area (Å²) in [5.41, 5.74) is 1.73. The lowest BCUT2D eigenvalue weighted by molar-refractivity contribution is -0.386. The number of rotatable bonds is 2. The Morgan fingerprint density at radius 1 is 1.50 bits per heavy atom. The maximum Gasteiger partial charge on any atom is 0.318 e. The molecule has 0 saturated carbocycles. The molecule has 0 amide bonds. The van der Waals surface area contributed by atoms with Crippen LogP contribution in [0.5, 0.6) is 5.75 Å². The maximum absolute atomic E-state index is 10.8. The summed E-state index contributed by atoms with van der Waals surface area (Å²) in [6, 6.07) is 3.51. The van der Waals surface area contributed by atoms with E-state index in [4.69, 9.17) is 4.74 Å². The molecule has 0 aromatic heterocycles. The van der Waals surface area contributed by atoms with Gasteiger partial charge in [-0.1, -0.05) is 18.2 Å². The van der Waals surface area contributed by atoms with E-state index in [0.29, 0.717) is 11.3 Å². The van der Waals surface area contributed by atoms with Crippen molar-refractivity contribution in [2.24, 2.45) is 0 Å². The van der Waals surface area contributed by atoms with Crippen LogP contribution in [0, 0.1) is 10.1 Å². The van der Waals surface area contributed by atoms with Crippen LogP contribution in [0.4, 0.5) is 5.69 Å². The Balaban J connectivity index is 2.67. The fourth-order valence-corrected chi connectivity index (χ4v) is 1.65. The Labute approximate surface area is 81.0 Å². The second kappa shape index (κ2) is 3.14. The van der Waals surface area contributed by atoms with E-state index >= 15 is 0 Å². The van der Waals surface area contributed by atoms with E-state index in [1.807, 2.05) is 12.1 Å². The third-order valence-corrected chi connectivity index (χ3v) is 2.30. The maximum atomic E-state index is 10.8. The first-order chi connectivity index (χ1) is 6.74. The molecule has 1 aromatic carbocycles. The van der Waals surface area contributed by atoms with Gasteiger partial charge < -0.3 is 4.74 Å². The van der Waals surface area contributed by atoms with Gasteiger partial charge in [-0.2, -0.15) is 0 Å². The van der Waals surface area contributed by atoms with Gasteiger partial charge in [-0.25, -0.2) is 0 Å². The Bertz CT molecular complexity index is 424. The predicted octanol–water partition coefficient (Wildman–Crippen LogP) is 2.17. The van der Waals surface area contributed by atoms with Gasteiger partial charge in [0.2, 0.25) is 0 Å². The summed E-state index contributed by atoms with van der Waals surface area (Å²) >= 11 is 0. The molecule has 0 fully saturated rings. The van der Waals surface area contributed by atoms with E-state index in [2.05, 4.69) is 0 Å². The lowest BCUT2D eigenvalue weighted by Gasteiger charge is -2.05. The number of hydrogen-bond donors (Lipinski definition) is 0. The van der Waals surface area contributed by atoms with Crippen molar-refractivity contribution >= 4 is 11.8 Å². The molecular weight excluding hydrogens is 182 g/mol. The molecule has 4 heteroatoms. The average molecular weight is 191 g/mol. The molecule has 0 radical (unpaired) electrons. The molecule has 0 N–H and O–H groups in total. The first-order valence-electron chi connectivity index (χ1n) is 4.25. The Kier molecular flexibility index (Phi) is 1.96. The van der Waals surface area contributed by atoms with Gasteiger partial charge in [0.25, 0.3) is 0 Å². The first-order valence-corrected chi connectivity index (χ1v) is 4.25. The van der Waals surface area contributed by atoms with Crippen molar-refractivity contribution in [1.29, 1.82) is 0 Å². The Morgan fingerprint density at radius 3 is 2.93 bits per heavy atom. The number of allylic oxidation sites excluding steroid dienone is 1. The largest absolute Gasteiger partial charge is 0.490 e. The molecule has 1 aliphatic rings. The van der Waals surface area contributed by atoms with Gasteiger partial charge in [-0.05, 0) is 18.1 Å². The number of nitrogens with zero attached hydrogens (tertiary/aromatic N) is 1. The molecule has 0 atom stereocenters. The van der Waals surface area contributed by atoms with Gasteiger partial charge in [-0.15, -0.1) is 0 Å². The van der Waals surface area contributed by atoms with Crippen molar-refractivity contribution in [2.45, 2.75) is 6.42 Å². The summed E-state index contributed by atoms with van der Waals surface area (Å²) < 4.78 is 4.96. The highest BCUT2D eigenvalue weighted by molar-refractivity contribution is 5.73. The van der Waals surface area contributed by atoms with Crippen molar-refractivity contribution in [3.8, 4) is 5.75 Å². The standard InChI is InChI=1S/C10H9NO3/c1-14-9-6-5-7-3-2-4-8(7)10(9)11(12)13/h2,4-6H,3H2,1H3. The van der Waals surface area contributed by atoms with Gasteiger partial charge in [0.05, 0.1) is 17.6 Å². The SMILES string of the molecule is COc1ccc2c(c1[N+](=O)[O-])C=CC2. The fourth-order valence-electron chi connectivity index (χ4n) is 1.65. The number of nitro benzene ring substituents is 1. The summed E-state index contributed by atoms with van der Waals surface area (Å²) in [6.07, 6.45) is 4.45. The number of nitro groups is 1. The molecule has 14 heavy (non-hydrogen) atoms. The smallest absolute Gasteiger partial charge is 0.318 e. The van der Waals surface area contributed by atoms with Crippen LogP contribution in [0.1, 0.15) is 11.1 Å². The summed E-state index contributed by atoms with van der Waals surface area (Å²) in [4.78, 5) is 10.4. The van der Waals surface area contributed by atoms with Crippen molar-refractivity contribution < 1.29 is 9.66 Å². The molecule has 2 rings (SSSR count). The average Bonchev–Trinajstić information content (AvgIpc) is 2.62. The number of benzene rings is 1. The van der Waals surface area contributed by atoms with E-state index in [-0.39, 0.29) is 5.69 Å². The number of ether oxygens (including phenoxy) is 1. The van der Waals surface area contributed by atoms with Gasteiger partial charge in [-0.3, -0.25) is 10.1 Å². The normalized spacial score (nSPS) is 12.6. The molecule has 1 aliphatic carbocycles. The van der Waals surface area contributed by atoms with Crippen LogP contribution in [0.2, 0.25) is 0 Å². The highest BCUT2D eigenvalue weighted by Crippen LogP contribution is 2.36. The Morgan fingerprint density at radius 2 is 2.29 bits per heavy atom. The van der Waals surface area contributed by atoms with Gasteiger partial charge >= 0.3 is 5.69 Å². The predicted molar refractivity (Wildman–Crippen MR) is 52.4 cm³/mol. The highest BCUT2D eigenvalue weighted by Gasteiger charge is 2.23. The van der Waals surface area contributed by atoms with Crippen LogP contribution in [-0.4, -0.2) is 12.0 Å². The first kappa shape index (κ1) is 8.74. The zero-order valence-electron chi connectivity index (χ0n) is 7.69. The van der Waals surface area contributed by atoms with E-state index in [1.54, 1.807) is 12.1 Å². The molecule has 0 saturated heterocycles. The quantitative estimate of drug-likeness (QED) is 0.531. The molecule has 0 spiro atoms. The third-order valence-electron chi connectivity index (χ3n) is 2.30. The van der Waals surface area contributed by atoms with Crippen molar-refractivity contribution in [2.75, 3.05) is 7.11 Å². The molecule has 4 nitrogen and oxygen atoms in total. The van der Waals surface area contributed by atoms with Gasteiger partial charge in [0, 0.05) is 0 Å². The van der Waals surface area contributed by atoms with Crippen molar-refractivity contribution in [3.05, 3.63) is 39.4 Å². The molecule has 0 aliphatic heterocycles. The minimum atomic E-state index is -0.396. The summed E-state index contributed by atoms with van der Waals surface area (Å²) in [5.74, 6) is 0.320. The van der Waals surface area contributed by atoms with E-state index < -0.39 is 4.92 Å². The molecule has 72 valence electrons. The van der Waals surface area contributed by atoms with Crippen LogP contribution >= 0.6 is 0 Å². The lowest BCUT2D eigenvalue weighted by atomic mass is 10.1. The summed E-state index contributed by atoms with van der Waals surface area (Å²) in [5, 5.41) is 10.8.